The first kappa shape index (κ1) is 39.6. The first-order valence-corrected chi connectivity index (χ1v) is 22.7. The average Bonchev–Trinajstić information content (AvgIpc) is 3.31. The van der Waals surface area contributed by atoms with E-state index in [1.807, 2.05) is 0 Å². The lowest BCUT2D eigenvalue weighted by molar-refractivity contribution is 0.580. The van der Waals surface area contributed by atoms with Crippen LogP contribution in [-0.4, -0.2) is 0 Å². The first-order chi connectivity index (χ1) is 30.9. The topological polar surface area (TPSA) is 3.24 Å². The summed E-state index contributed by atoms with van der Waals surface area (Å²) in [6.45, 7) is 16.1. The Kier molecular flexibility index (Phi) is 9.26. The summed E-state index contributed by atoms with van der Waals surface area (Å²) in [4.78, 5) is 2.45. The predicted molar refractivity (Wildman–Crippen MR) is 276 cm³/mol. The third-order valence-electron chi connectivity index (χ3n) is 13.8. The fourth-order valence-corrected chi connectivity index (χ4v) is 10.4. The van der Waals surface area contributed by atoms with Crippen molar-refractivity contribution in [3.05, 3.63) is 222 Å². The molecule has 0 fully saturated rings. The standard InChI is InChI=1S/C63H53N/c1-40-31-46(35-48(33-40)49-34-41(2)32-47(36-49)44-25-28-56-54-19-12-11-17-52(54)53-18-13-14-20-55(53)57(56)37-44)43-23-21-42(22-24-43)45-26-29-60-58(38-45)63(6,7)59-39-50(62(3,4)5)27-30-61(59)64(60)51-15-9-8-10-16-51/h8-39H,1-7H3. The number of anilines is 3. The van der Waals surface area contributed by atoms with Gasteiger partial charge in [0.15, 0.2) is 0 Å². The maximum Gasteiger partial charge on any atom is 0.0503 e. The van der Waals surface area contributed by atoms with Crippen LogP contribution in [0.15, 0.2) is 194 Å². The molecule has 0 atom stereocenters. The van der Waals surface area contributed by atoms with Crippen LogP contribution in [0.3, 0.4) is 0 Å². The van der Waals surface area contributed by atoms with Crippen molar-refractivity contribution in [1.29, 1.82) is 0 Å². The molecule has 0 aliphatic carbocycles. The molecule has 10 aromatic carbocycles. The Morgan fingerprint density at radius 1 is 0.344 bits per heavy atom. The quantitative estimate of drug-likeness (QED) is 0.156. The van der Waals surface area contributed by atoms with E-state index in [1.165, 1.54) is 122 Å². The average molecular weight is 824 g/mol. The first-order valence-electron chi connectivity index (χ1n) is 22.7. The van der Waals surface area contributed by atoms with Crippen molar-refractivity contribution >= 4 is 49.4 Å². The van der Waals surface area contributed by atoms with Crippen molar-refractivity contribution < 1.29 is 0 Å². The fourth-order valence-electron chi connectivity index (χ4n) is 10.4. The van der Waals surface area contributed by atoms with Crippen LogP contribution in [0.4, 0.5) is 17.1 Å². The molecule has 0 aromatic heterocycles. The Labute approximate surface area is 378 Å². The van der Waals surface area contributed by atoms with Crippen LogP contribution >= 0.6 is 0 Å². The molecule has 0 saturated heterocycles. The van der Waals surface area contributed by atoms with Gasteiger partial charge in [-0.05, 0) is 172 Å². The van der Waals surface area contributed by atoms with Crippen molar-refractivity contribution in [1.82, 2.24) is 0 Å². The van der Waals surface area contributed by atoms with Gasteiger partial charge in [-0.3, -0.25) is 0 Å². The summed E-state index contributed by atoms with van der Waals surface area (Å²) in [6.07, 6.45) is 0. The Morgan fingerprint density at radius 3 is 1.31 bits per heavy atom. The van der Waals surface area contributed by atoms with E-state index in [9.17, 15) is 0 Å². The largest absolute Gasteiger partial charge is 0.310 e. The Bertz CT molecular complexity index is 3420. The van der Waals surface area contributed by atoms with E-state index in [0.29, 0.717) is 0 Å². The molecule has 10 aromatic rings. The van der Waals surface area contributed by atoms with Crippen LogP contribution in [-0.2, 0) is 10.8 Å². The SMILES string of the molecule is Cc1cc(-c2ccc(-c3ccc4c(c3)C(C)(C)c3cc(C(C)(C)C)ccc3N4c3ccccc3)cc2)cc(-c2cc(C)cc(-c3ccc4c5ccccc5c5ccccc5c4c3)c2)c1. The molecule has 0 amide bonds. The molecule has 1 aliphatic rings. The molecule has 0 saturated carbocycles. The van der Waals surface area contributed by atoms with Gasteiger partial charge in [-0.25, -0.2) is 0 Å². The second kappa shape index (κ2) is 15.0. The number of fused-ring (bicyclic) bond motifs is 8. The fraction of sp³-hybridized carbons (Fsp3) is 0.143. The number of benzene rings is 10. The van der Waals surface area contributed by atoms with Gasteiger partial charge in [0.05, 0.1) is 11.4 Å². The molecular weight excluding hydrogens is 771 g/mol. The Hall–Kier alpha value is -7.22. The van der Waals surface area contributed by atoms with Gasteiger partial charge in [-0.1, -0.05) is 180 Å². The number of para-hydroxylation sites is 1. The van der Waals surface area contributed by atoms with Crippen LogP contribution in [0.25, 0.3) is 76.8 Å². The van der Waals surface area contributed by atoms with Crippen LogP contribution in [0.5, 0.6) is 0 Å². The van der Waals surface area contributed by atoms with E-state index in [0.717, 1.165) is 0 Å². The number of nitrogens with zero attached hydrogens (tertiary/aromatic N) is 1. The molecule has 1 heterocycles. The number of rotatable bonds is 5. The third-order valence-corrected chi connectivity index (χ3v) is 13.8. The lowest BCUT2D eigenvalue weighted by atomic mass is 9.71. The summed E-state index contributed by atoms with van der Waals surface area (Å²) in [5.74, 6) is 0. The zero-order valence-electron chi connectivity index (χ0n) is 37.9. The lowest BCUT2D eigenvalue weighted by Gasteiger charge is -2.43. The van der Waals surface area contributed by atoms with E-state index in [2.05, 4.69) is 247 Å². The molecular formula is C63H53N. The molecule has 11 rings (SSSR count). The minimum atomic E-state index is -0.196. The molecule has 0 spiro atoms. The number of aryl methyl sites for hydroxylation is 2. The highest BCUT2D eigenvalue weighted by atomic mass is 15.2. The van der Waals surface area contributed by atoms with Crippen molar-refractivity contribution in [3.8, 4) is 44.5 Å². The predicted octanol–water partition coefficient (Wildman–Crippen LogP) is 17.8. The van der Waals surface area contributed by atoms with Gasteiger partial charge >= 0.3 is 0 Å². The minimum Gasteiger partial charge on any atom is -0.310 e. The van der Waals surface area contributed by atoms with Gasteiger partial charge in [0.25, 0.3) is 0 Å². The second-order valence-electron chi connectivity index (χ2n) is 19.6. The molecule has 0 unspecified atom stereocenters. The molecule has 1 aliphatic heterocycles. The number of hydrogen-bond donors (Lipinski definition) is 0. The molecule has 310 valence electrons. The normalized spacial score (nSPS) is 13.3. The van der Waals surface area contributed by atoms with E-state index >= 15 is 0 Å². The number of hydrogen-bond acceptors (Lipinski definition) is 1. The van der Waals surface area contributed by atoms with Crippen molar-refractivity contribution in [2.75, 3.05) is 4.90 Å². The van der Waals surface area contributed by atoms with E-state index in [1.54, 1.807) is 0 Å². The maximum atomic E-state index is 2.45. The van der Waals surface area contributed by atoms with Gasteiger partial charge in [0.2, 0.25) is 0 Å². The lowest BCUT2D eigenvalue weighted by Crippen LogP contribution is -2.31. The molecule has 0 bridgehead atoms. The summed E-state index contributed by atoms with van der Waals surface area (Å²) in [5, 5.41) is 7.80. The zero-order chi connectivity index (χ0) is 43.9. The van der Waals surface area contributed by atoms with Crippen LogP contribution in [0.2, 0.25) is 0 Å². The molecule has 1 nitrogen and oxygen atoms in total. The van der Waals surface area contributed by atoms with Crippen molar-refractivity contribution in [2.24, 2.45) is 0 Å². The van der Waals surface area contributed by atoms with Crippen LogP contribution < -0.4 is 4.90 Å². The second-order valence-corrected chi connectivity index (χ2v) is 19.6. The molecule has 1 heteroatoms. The summed E-state index contributed by atoms with van der Waals surface area (Å²) in [7, 11) is 0. The maximum absolute atomic E-state index is 2.45. The van der Waals surface area contributed by atoms with Gasteiger partial charge < -0.3 is 4.90 Å². The monoisotopic (exact) mass is 823 g/mol. The van der Waals surface area contributed by atoms with E-state index < -0.39 is 0 Å². The summed E-state index contributed by atoms with van der Waals surface area (Å²) >= 11 is 0. The molecule has 0 radical (unpaired) electrons. The van der Waals surface area contributed by atoms with Gasteiger partial charge in [0, 0.05) is 11.1 Å². The van der Waals surface area contributed by atoms with Crippen LogP contribution in [0, 0.1) is 13.8 Å². The Balaban J connectivity index is 0.940. The summed E-state index contributed by atoms with van der Waals surface area (Å²) in [5.41, 5.74) is 19.9. The highest BCUT2D eigenvalue weighted by Gasteiger charge is 2.38. The van der Waals surface area contributed by atoms with E-state index in [4.69, 9.17) is 0 Å². The van der Waals surface area contributed by atoms with Gasteiger partial charge in [0.1, 0.15) is 0 Å². The minimum absolute atomic E-state index is 0.0535. The van der Waals surface area contributed by atoms with Gasteiger partial charge in [-0.15, -0.1) is 0 Å². The van der Waals surface area contributed by atoms with Gasteiger partial charge in [-0.2, -0.15) is 0 Å². The van der Waals surface area contributed by atoms with E-state index in [-0.39, 0.29) is 10.8 Å². The molecule has 0 N–H and O–H groups in total. The summed E-state index contributed by atoms with van der Waals surface area (Å²) < 4.78 is 0. The molecule has 64 heavy (non-hydrogen) atoms. The summed E-state index contributed by atoms with van der Waals surface area (Å²) in [6, 6.07) is 72.9. The third kappa shape index (κ3) is 6.70. The van der Waals surface area contributed by atoms with Crippen molar-refractivity contribution in [2.45, 2.75) is 59.3 Å². The zero-order valence-corrected chi connectivity index (χ0v) is 37.9. The smallest absolute Gasteiger partial charge is 0.0503 e. The highest BCUT2D eigenvalue weighted by Crippen LogP contribution is 2.53. The van der Waals surface area contributed by atoms with Crippen LogP contribution in [0.1, 0.15) is 62.4 Å². The highest BCUT2D eigenvalue weighted by molar-refractivity contribution is 6.25. The van der Waals surface area contributed by atoms with Crippen molar-refractivity contribution in [3.63, 3.8) is 0 Å². The Morgan fingerprint density at radius 2 is 0.750 bits per heavy atom.